The first-order chi connectivity index (χ1) is 11.5. The van der Waals surface area contributed by atoms with Gasteiger partial charge in [-0.05, 0) is 31.7 Å². The van der Waals surface area contributed by atoms with Crippen LogP contribution in [0.4, 0.5) is 5.69 Å². The fourth-order valence-corrected chi connectivity index (χ4v) is 2.54. The molecule has 0 unspecified atom stereocenters. The predicted molar refractivity (Wildman–Crippen MR) is 108 cm³/mol. The molecule has 0 aromatic heterocycles. The van der Waals surface area contributed by atoms with Crippen molar-refractivity contribution in [2.75, 3.05) is 45.7 Å². The zero-order valence-corrected chi connectivity index (χ0v) is 17.0. The third-order valence-corrected chi connectivity index (χ3v) is 4.27. The Kier molecular flexibility index (Phi) is 10.6. The summed E-state index contributed by atoms with van der Waals surface area (Å²) in [7, 11) is 3.56. The first-order valence-electron chi connectivity index (χ1n) is 8.18. The highest BCUT2D eigenvalue weighted by Gasteiger charge is 2.22. The van der Waals surface area contributed by atoms with Crippen molar-refractivity contribution in [1.29, 1.82) is 0 Å². The molecule has 1 aliphatic rings. The van der Waals surface area contributed by atoms with E-state index in [9.17, 15) is 9.59 Å². The van der Waals surface area contributed by atoms with E-state index < -0.39 is 6.04 Å². The van der Waals surface area contributed by atoms with Crippen LogP contribution in [0.1, 0.15) is 23.7 Å². The van der Waals surface area contributed by atoms with Gasteiger partial charge in [-0.15, -0.1) is 24.8 Å². The number of nitrogens with zero attached hydrogens (tertiary/aromatic N) is 2. The number of rotatable bonds is 5. The highest BCUT2D eigenvalue weighted by atomic mass is 35.5. The van der Waals surface area contributed by atoms with Gasteiger partial charge in [0.25, 0.3) is 5.91 Å². The number of benzene rings is 1. The third-order valence-electron chi connectivity index (χ3n) is 4.27. The van der Waals surface area contributed by atoms with E-state index in [0.29, 0.717) is 36.5 Å². The molecule has 26 heavy (non-hydrogen) atoms. The molecular weight excluding hydrogens is 379 g/mol. The van der Waals surface area contributed by atoms with E-state index in [-0.39, 0.29) is 36.6 Å². The highest BCUT2D eigenvalue weighted by molar-refractivity contribution is 5.99. The highest BCUT2D eigenvalue weighted by Crippen LogP contribution is 2.26. The normalized spacial score (nSPS) is 15.3. The molecular formula is C17H28Cl2N4O3. The molecule has 1 aliphatic heterocycles. The van der Waals surface area contributed by atoms with Crippen LogP contribution in [0.2, 0.25) is 0 Å². The summed E-state index contributed by atoms with van der Waals surface area (Å²) < 4.78 is 5.27. The number of amides is 2. The molecule has 2 rings (SSSR count). The van der Waals surface area contributed by atoms with Gasteiger partial charge >= 0.3 is 0 Å². The van der Waals surface area contributed by atoms with Gasteiger partial charge in [-0.2, -0.15) is 0 Å². The molecule has 0 radical (unpaired) electrons. The molecule has 1 atom stereocenters. The molecule has 0 saturated carbocycles. The summed E-state index contributed by atoms with van der Waals surface area (Å²) in [4.78, 5) is 28.7. The predicted octanol–water partition coefficient (Wildman–Crippen LogP) is 1.60. The number of halogens is 2. The average Bonchev–Trinajstić information content (AvgIpc) is 2.60. The van der Waals surface area contributed by atoms with Crippen LogP contribution in [0.3, 0.4) is 0 Å². The molecule has 0 spiro atoms. The van der Waals surface area contributed by atoms with Crippen molar-refractivity contribution < 1.29 is 14.3 Å². The Labute approximate surface area is 167 Å². The summed E-state index contributed by atoms with van der Waals surface area (Å²) in [6.07, 6.45) is 0.536. The second-order valence-corrected chi connectivity index (χ2v) is 6.01. The summed E-state index contributed by atoms with van der Waals surface area (Å²) in [5.41, 5.74) is 6.74. The Morgan fingerprint density at radius 2 is 1.85 bits per heavy atom. The zero-order chi connectivity index (χ0) is 17.7. The van der Waals surface area contributed by atoms with E-state index in [1.165, 1.54) is 7.11 Å². The Balaban J connectivity index is 0.00000312. The molecule has 1 heterocycles. The summed E-state index contributed by atoms with van der Waals surface area (Å²) in [6.45, 7) is 4.95. The number of nitrogens with two attached hydrogens (primary N) is 1. The van der Waals surface area contributed by atoms with Crippen molar-refractivity contribution in [3.63, 3.8) is 0 Å². The van der Waals surface area contributed by atoms with Gasteiger partial charge in [-0.25, -0.2) is 0 Å². The minimum absolute atomic E-state index is 0. The molecule has 1 aromatic rings. The molecule has 0 bridgehead atoms. The number of hydrogen-bond donors (Lipinski definition) is 2. The van der Waals surface area contributed by atoms with Gasteiger partial charge in [0, 0.05) is 31.7 Å². The lowest BCUT2D eigenvalue weighted by molar-refractivity contribution is -0.117. The third kappa shape index (κ3) is 6.02. The summed E-state index contributed by atoms with van der Waals surface area (Å²) in [6, 6.07) is 4.47. The Hall–Kier alpha value is -1.54. The van der Waals surface area contributed by atoms with Crippen LogP contribution < -0.4 is 15.8 Å². The monoisotopic (exact) mass is 406 g/mol. The van der Waals surface area contributed by atoms with Gasteiger partial charge in [0.1, 0.15) is 5.75 Å². The number of carbonyl (C=O) groups is 2. The van der Waals surface area contributed by atoms with Crippen LogP contribution in [-0.4, -0.2) is 68.0 Å². The number of piperazine rings is 1. The standard InChI is InChI=1S/C17H26N4O3.2ClH/c1-4-13(18)16(22)19-14-11-12(5-6-15(14)24-3)17(23)21-9-7-20(2)8-10-21;;/h5-6,11,13H,4,7-10,18H2,1-3H3,(H,19,22);2*1H/t13-;;/m0../s1. The van der Waals surface area contributed by atoms with E-state index in [1.54, 1.807) is 18.2 Å². The molecule has 2 amide bonds. The maximum atomic E-state index is 12.7. The first-order valence-corrected chi connectivity index (χ1v) is 8.18. The van der Waals surface area contributed by atoms with Gasteiger partial charge in [0.05, 0.1) is 18.8 Å². The van der Waals surface area contributed by atoms with Crippen LogP contribution in [-0.2, 0) is 4.79 Å². The lowest BCUT2D eigenvalue weighted by Gasteiger charge is -2.32. The second-order valence-electron chi connectivity index (χ2n) is 6.01. The van der Waals surface area contributed by atoms with Gasteiger partial charge < -0.3 is 25.6 Å². The van der Waals surface area contributed by atoms with Crippen molar-refractivity contribution in [3.05, 3.63) is 23.8 Å². The smallest absolute Gasteiger partial charge is 0.254 e. The average molecular weight is 407 g/mol. The number of methoxy groups -OCH3 is 1. The maximum Gasteiger partial charge on any atom is 0.254 e. The molecule has 1 aromatic carbocycles. The summed E-state index contributed by atoms with van der Waals surface area (Å²) in [5, 5.41) is 2.75. The molecule has 0 aliphatic carbocycles. The first kappa shape index (κ1) is 24.5. The van der Waals surface area contributed by atoms with E-state index in [1.807, 2.05) is 18.9 Å². The van der Waals surface area contributed by atoms with E-state index >= 15 is 0 Å². The molecule has 3 N–H and O–H groups in total. The van der Waals surface area contributed by atoms with Gasteiger partial charge in [-0.1, -0.05) is 6.92 Å². The Morgan fingerprint density at radius 3 is 2.38 bits per heavy atom. The topological polar surface area (TPSA) is 87.9 Å². The SMILES string of the molecule is CC[C@H](N)C(=O)Nc1cc(C(=O)N2CCN(C)CC2)ccc1OC.Cl.Cl. The van der Waals surface area contributed by atoms with E-state index in [0.717, 1.165) is 13.1 Å². The Bertz CT molecular complexity index is 608. The fourth-order valence-electron chi connectivity index (χ4n) is 2.54. The van der Waals surface area contributed by atoms with Crippen molar-refractivity contribution in [2.45, 2.75) is 19.4 Å². The minimum atomic E-state index is -0.591. The van der Waals surface area contributed by atoms with Crippen LogP contribution >= 0.6 is 24.8 Å². The molecule has 1 fully saturated rings. The van der Waals surface area contributed by atoms with Crippen LogP contribution in [0.5, 0.6) is 5.75 Å². The molecule has 1 saturated heterocycles. The quantitative estimate of drug-likeness (QED) is 0.774. The van der Waals surface area contributed by atoms with Crippen molar-refractivity contribution in [3.8, 4) is 5.75 Å². The zero-order valence-electron chi connectivity index (χ0n) is 15.4. The van der Waals surface area contributed by atoms with E-state index in [2.05, 4.69) is 10.2 Å². The molecule has 7 nitrogen and oxygen atoms in total. The van der Waals surface area contributed by atoms with Gasteiger partial charge in [0.15, 0.2) is 0 Å². The van der Waals surface area contributed by atoms with Crippen molar-refractivity contribution >= 4 is 42.3 Å². The van der Waals surface area contributed by atoms with Crippen molar-refractivity contribution in [1.82, 2.24) is 9.80 Å². The van der Waals surface area contributed by atoms with Crippen molar-refractivity contribution in [2.24, 2.45) is 5.73 Å². The number of anilines is 1. The molecule has 9 heteroatoms. The minimum Gasteiger partial charge on any atom is -0.495 e. The number of likely N-dealkylation sites (N-methyl/N-ethyl adjacent to an activating group) is 1. The Morgan fingerprint density at radius 1 is 1.23 bits per heavy atom. The number of carbonyl (C=O) groups excluding carboxylic acids is 2. The lowest BCUT2D eigenvalue weighted by atomic mass is 10.1. The summed E-state index contributed by atoms with van der Waals surface area (Å²) in [5.74, 6) is 0.169. The number of hydrogen-bond acceptors (Lipinski definition) is 5. The largest absolute Gasteiger partial charge is 0.495 e. The number of ether oxygens (including phenoxy) is 1. The van der Waals surface area contributed by atoms with Crippen LogP contribution in [0.25, 0.3) is 0 Å². The maximum absolute atomic E-state index is 12.7. The summed E-state index contributed by atoms with van der Waals surface area (Å²) >= 11 is 0. The lowest BCUT2D eigenvalue weighted by Crippen LogP contribution is -2.47. The van der Waals surface area contributed by atoms with E-state index in [4.69, 9.17) is 10.5 Å². The molecule has 148 valence electrons. The van der Waals surface area contributed by atoms with Gasteiger partial charge in [0.2, 0.25) is 5.91 Å². The second kappa shape index (κ2) is 11.2. The van der Waals surface area contributed by atoms with Crippen LogP contribution in [0.15, 0.2) is 18.2 Å². The fraction of sp³-hybridized carbons (Fsp3) is 0.529. The number of nitrogens with one attached hydrogen (secondary N) is 1. The van der Waals surface area contributed by atoms with Crippen LogP contribution in [0, 0.1) is 0 Å². The van der Waals surface area contributed by atoms with Gasteiger partial charge in [-0.3, -0.25) is 9.59 Å².